The van der Waals surface area contributed by atoms with Crippen molar-refractivity contribution >= 4 is 0 Å². The Morgan fingerprint density at radius 2 is 2.23 bits per heavy atom. The van der Waals surface area contributed by atoms with E-state index in [1.807, 2.05) is 7.05 Å². The highest BCUT2D eigenvalue weighted by molar-refractivity contribution is 5.21. The summed E-state index contributed by atoms with van der Waals surface area (Å²) in [6.45, 7) is 3.86. The van der Waals surface area contributed by atoms with E-state index in [-0.39, 0.29) is 5.60 Å². The first kappa shape index (κ1) is 16.0. The molecule has 1 aliphatic carbocycles. The Kier molecular flexibility index (Phi) is 5.16. The monoisotopic (exact) mass is 306 g/mol. The third kappa shape index (κ3) is 3.53. The summed E-state index contributed by atoms with van der Waals surface area (Å²) in [5.74, 6) is 0.463. The Balaban J connectivity index is 1.58. The fourth-order valence-electron chi connectivity index (χ4n) is 3.98. The van der Waals surface area contributed by atoms with Gasteiger partial charge in [-0.15, -0.1) is 0 Å². The lowest BCUT2D eigenvalue weighted by Gasteiger charge is -2.37. The van der Waals surface area contributed by atoms with Gasteiger partial charge in [0, 0.05) is 37.3 Å². The van der Waals surface area contributed by atoms with Gasteiger partial charge in [-0.3, -0.25) is 5.10 Å². The van der Waals surface area contributed by atoms with Crippen LogP contribution in [-0.2, 0) is 11.3 Å². The highest BCUT2D eigenvalue weighted by Gasteiger charge is 2.39. The molecule has 0 unspecified atom stereocenters. The molecule has 0 radical (unpaired) electrons. The number of aromatic nitrogens is 2. The van der Waals surface area contributed by atoms with Gasteiger partial charge in [-0.1, -0.05) is 12.8 Å². The predicted octanol–water partition coefficient (Wildman–Crippen LogP) is 2.27. The van der Waals surface area contributed by atoms with Crippen LogP contribution in [0.4, 0.5) is 0 Å². The number of nitrogens with one attached hydrogen (secondary N) is 2. The topological polar surface area (TPSA) is 53.2 Å². The Morgan fingerprint density at radius 1 is 1.41 bits per heavy atom. The minimum absolute atomic E-state index is 0.219. The summed E-state index contributed by atoms with van der Waals surface area (Å²) in [6.07, 6.45) is 9.70. The number of nitrogens with zero attached hydrogens (tertiary/aromatic N) is 2. The lowest BCUT2D eigenvalue weighted by atomic mass is 9.85. The van der Waals surface area contributed by atoms with Crippen LogP contribution in [0.1, 0.15) is 55.7 Å². The summed E-state index contributed by atoms with van der Waals surface area (Å²) >= 11 is 0. The molecule has 2 aliphatic rings. The molecule has 22 heavy (non-hydrogen) atoms. The van der Waals surface area contributed by atoms with E-state index in [1.54, 1.807) is 0 Å². The molecule has 1 aromatic rings. The maximum atomic E-state index is 6.31. The molecule has 0 aromatic carbocycles. The SMILES string of the molecule is CNCCN(C)Cc1c[nH]nc1[C@@H]1CCC2(CCCC2)OC1. The number of likely N-dealkylation sites (N-methyl/N-ethyl adjacent to an activating group) is 2. The lowest BCUT2D eigenvalue weighted by Crippen LogP contribution is -2.36. The number of aromatic amines is 1. The van der Waals surface area contributed by atoms with Crippen LogP contribution in [0.25, 0.3) is 0 Å². The molecule has 1 aliphatic heterocycles. The first-order valence-corrected chi connectivity index (χ1v) is 8.72. The Morgan fingerprint density at radius 3 is 2.91 bits per heavy atom. The van der Waals surface area contributed by atoms with Gasteiger partial charge in [0.25, 0.3) is 0 Å². The van der Waals surface area contributed by atoms with Crippen molar-refractivity contribution in [3.8, 4) is 0 Å². The fraction of sp³-hybridized carbons (Fsp3) is 0.824. The molecule has 2 N–H and O–H groups in total. The first-order chi connectivity index (χ1) is 10.7. The summed E-state index contributed by atoms with van der Waals surface area (Å²) in [5, 5.41) is 10.8. The number of hydrogen-bond acceptors (Lipinski definition) is 4. The minimum Gasteiger partial charge on any atom is -0.374 e. The van der Waals surface area contributed by atoms with Gasteiger partial charge in [0.15, 0.2) is 0 Å². The summed E-state index contributed by atoms with van der Waals surface area (Å²) in [4.78, 5) is 2.34. The maximum absolute atomic E-state index is 6.31. The van der Waals surface area contributed by atoms with E-state index in [0.717, 1.165) is 26.2 Å². The van der Waals surface area contributed by atoms with E-state index in [4.69, 9.17) is 4.74 Å². The van der Waals surface area contributed by atoms with Crippen molar-refractivity contribution in [1.29, 1.82) is 0 Å². The molecule has 0 amide bonds. The van der Waals surface area contributed by atoms with E-state index < -0.39 is 0 Å². The van der Waals surface area contributed by atoms with Crippen molar-refractivity contribution in [1.82, 2.24) is 20.4 Å². The molecule has 1 aromatic heterocycles. The number of H-pyrrole nitrogens is 1. The molecule has 1 atom stereocenters. The van der Waals surface area contributed by atoms with Gasteiger partial charge < -0.3 is 15.0 Å². The molecule has 1 spiro atoms. The van der Waals surface area contributed by atoms with E-state index in [0.29, 0.717) is 5.92 Å². The standard InChI is InChI=1S/C17H30N4O/c1-18-9-10-21(2)12-15-11-19-20-16(15)14-5-8-17(22-13-14)6-3-4-7-17/h11,14,18H,3-10,12-13H2,1-2H3,(H,19,20)/t14-/m1/s1. The molecule has 5 heteroatoms. The van der Waals surface area contributed by atoms with Gasteiger partial charge >= 0.3 is 0 Å². The van der Waals surface area contributed by atoms with Crippen LogP contribution in [0.5, 0.6) is 0 Å². The zero-order chi connectivity index (χ0) is 15.4. The number of hydrogen-bond donors (Lipinski definition) is 2. The quantitative estimate of drug-likeness (QED) is 0.846. The maximum Gasteiger partial charge on any atom is 0.0720 e. The molecule has 2 fully saturated rings. The smallest absolute Gasteiger partial charge is 0.0720 e. The highest BCUT2D eigenvalue weighted by atomic mass is 16.5. The van der Waals surface area contributed by atoms with E-state index in [9.17, 15) is 0 Å². The van der Waals surface area contributed by atoms with Gasteiger partial charge in [-0.25, -0.2) is 0 Å². The largest absolute Gasteiger partial charge is 0.374 e. The lowest BCUT2D eigenvalue weighted by molar-refractivity contribution is -0.0824. The normalized spacial score (nSPS) is 24.4. The van der Waals surface area contributed by atoms with Crippen LogP contribution < -0.4 is 5.32 Å². The van der Waals surface area contributed by atoms with Gasteiger partial charge in [0.2, 0.25) is 0 Å². The minimum atomic E-state index is 0.219. The van der Waals surface area contributed by atoms with Crippen molar-refractivity contribution < 1.29 is 4.74 Å². The summed E-state index contributed by atoms with van der Waals surface area (Å²) < 4.78 is 6.31. The molecule has 124 valence electrons. The average Bonchev–Trinajstić information content (AvgIpc) is 3.16. The van der Waals surface area contributed by atoms with Crippen LogP contribution in [0.3, 0.4) is 0 Å². The van der Waals surface area contributed by atoms with E-state index in [1.165, 1.54) is 49.8 Å². The number of ether oxygens (including phenoxy) is 1. The average molecular weight is 306 g/mol. The van der Waals surface area contributed by atoms with Crippen molar-refractivity contribution in [2.45, 2.75) is 56.6 Å². The van der Waals surface area contributed by atoms with Crippen LogP contribution in [-0.4, -0.2) is 54.5 Å². The first-order valence-electron chi connectivity index (χ1n) is 8.72. The second-order valence-corrected chi connectivity index (χ2v) is 7.07. The molecule has 1 saturated heterocycles. The summed E-state index contributed by atoms with van der Waals surface area (Å²) in [5.41, 5.74) is 2.77. The van der Waals surface area contributed by atoms with Crippen LogP contribution >= 0.6 is 0 Å². The third-order valence-corrected chi connectivity index (χ3v) is 5.38. The van der Waals surface area contributed by atoms with Crippen molar-refractivity contribution in [3.05, 3.63) is 17.5 Å². The Hall–Kier alpha value is -0.910. The zero-order valence-corrected chi connectivity index (χ0v) is 14.0. The zero-order valence-electron chi connectivity index (χ0n) is 14.0. The van der Waals surface area contributed by atoms with Crippen LogP contribution in [0.2, 0.25) is 0 Å². The molecule has 5 nitrogen and oxygen atoms in total. The molecule has 1 saturated carbocycles. The predicted molar refractivity (Wildman–Crippen MR) is 88.0 cm³/mol. The van der Waals surface area contributed by atoms with E-state index in [2.05, 4.69) is 33.7 Å². The van der Waals surface area contributed by atoms with Crippen LogP contribution in [0, 0.1) is 0 Å². The third-order valence-electron chi connectivity index (χ3n) is 5.38. The molecule has 2 heterocycles. The van der Waals surface area contributed by atoms with Gasteiger partial charge in [-0.05, 0) is 39.8 Å². The Bertz CT molecular complexity index is 457. The van der Waals surface area contributed by atoms with Crippen molar-refractivity contribution in [3.63, 3.8) is 0 Å². The molecule has 3 rings (SSSR count). The second kappa shape index (κ2) is 7.11. The number of rotatable bonds is 6. The second-order valence-electron chi connectivity index (χ2n) is 7.07. The summed E-state index contributed by atoms with van der Waals surface area (Å²) in [7, 11) is 4.16. The molecule has 0 bridgehead atoms. The highest BCUT2D eigenvalue weighted by Crippen LogP contribution is 2.43. The summed E-state index contributed by atoms with van der Waals surface area (Å²) in [6, 6.07) is 0. The van der Waals surface area contributed by atoms with E-state index >= 15 is 0 Å². The Labute approximate surface area is 133 Å². The van der Waals surface area contributed by atoms with Crippen molar-refractivity contribution in [2.24, 2.45) is 0 Å². The van der Waals surface area contributed by atoms with Gasteiger partial charge in [0.05, 0.1) is 17.9 Å². The molecular weight excluding hydrogens is 276 g/mol. The van der Waals surface area contributed by atoms with Crippen molar-refractivity contribution in [2.75, 3.05) is 33.8 Å². The molecular formula is C17H30N4O. The van der Waals surface area contributed by atoms with Gasteiger partial charge in [0.1, 0.15) is 0 Å². The van der Waals surface area contributed by atoms with Gasteiger partial charge in [-0.2, -0.15) is 5.10 Å². The fourth-order valence-corrected chi connectivity index (χ4v) is 3.98. The van der Waals surface area contributed by atoms with Crippen LogP contribution in [0.15, 0.2) is 6.20 Å².